The molecule has 0 saturated heterocycles. The monoisotopic (exact) mass is 207 g/mol. The molecule has 0 rings (SSSR count). The number of carbonyl (C=O) groups excluding carboxylic acids is 1. The lowest BCUT2D eigenvalue weighted by molar-refractivity contribution is -0.141. The van der Waals surface area contributed by atoms with Gasteiger partial charge in [-0.15, -0.1) is 0 Å². The number of carbonyl (C=O) groups is 2. The topological polar surface area (TPSA) is 75.6 Å². The fourth-order valence-corrected chi connectivity index (χ4v) is 1.11. The maximum atomic E-state index is 10.6. The van der Waals surface area contributed by atoms with Gasteiger partial charge in [-0.05, 0) is 6.42 Å². The van der Waals surface area contributed by atoms with Crippen molar-refractivity contribution in [2.75, 3.05) is 7.11 Å². The summed E-state index contributed by atoms with van der Waals surface area (Å²) in [6, 6.07) is 0. The average Bonchev–Trinajstić information content (AvgIpc) is 2.03. The molecule has 76 valence electrons. The summed E-state index contributed by atoms with van der Waals surface area (Å²) in [5.74, 6) is -1.45. The van der Waals surface area contributed by atoms with Crippen molar-refractivity contribution >= 4 is 24.7 Å². The number of carboxylic acids is 1. The molecule has 0 aliphatic rings. The lowest BCUT2D eigenvalue weighted by Crippen LogP contribution is -2.33. The first-order valence-electron chi connectivity index (χ1n) is 3.72. The van der Waals surface area contributed by atoms with Crippen LogP contribution in [0.1, 0.15) is 13.3 Å². The first-order chi connectivity index (χ1) is 5.97. The van der Waals surface area contributed by atoms with E-state index >= 15 is 0 Å². The van der Waals surface area contributed by atoms with E-state index in [9.17, 15) is 9.59 Å². The summed E-state index contributed by atoms with van der Waals surface area (Å²) in [5, 5.41) is 10.4. The number of rotatable bonds is 4. The molecule has 1 amide bonds. The summed E-state index contributed by atoms with van der Waals surface area (Å²) >= 11 is 3.98. The molecule has 2 atom stereocenters. The third-order valence-corrected chi connectivity index (χ3v) is 1.81. The minimum absolute atomic E-state index is 0.257. The SMILES string of the molecule is COC(=O)NC(S)CC(C)C(=O)O. The number of hydrogen-bond donors (Lipinski definition) is 3. The number of amides is 1. The molecule has 2 N–H and O–H groups in total. The fraction of sp³-hybridized carbons (Fsp3) is 0.714. The molecule has 0 aliphatic heterocycles. The van der Waals surface area contributed by atoms with Gasteiger partial charge < -0.3 is 15.2 Å². The Labute approximate surface area is 81.9 Å². The Bertz CT molecular complexity index is 197. The smallest absolute Gasteiger partial charge is 0.407 e. The Kier molecular flexibility index (Phi) is 5.29. The lowest BCUT2D eigenvalue weighted by Gasteiger charge is -2.13. The number of thiol groups is 1. The second-order valence-corrected chi connectivity index (χ2v) is 3.25. The first kappa shape index (κ1) is 12.1. The van der Waals surface area contributed by atoms with Gasteiger partial charge in [0, 0.05) is 0 Å². The molecular weight excluding hydrogens is 194 g/mol. The quantitative estimate of drug-likeness (QED) is 0.469. The van der Waals surface area contributed by atoms with E-state index in [1.165, 1.54) is 7.11 Å². The third-order valence-electron chi connectivity index (χ3n) is 1.47. The van der Waals surface area contributed by atoms with E-state index < -0.39 is 23.4 Å². The van der Waals surface area contributed by atoms with Gasteiger partial charge in [0.25, 0.3) is 0 Å². The molecule has 0 fully saturated rings. The Morgan fingerprint density at radius 2 is 2.15 bits per heavy atom. The molecule has 0 aromatic carbocycles. The molecule has 0 aromatic rings. The van der Waals surface area contributed by atoms with Crippen molar-refractivity contribution in [2.24, 2.45) is 5.92 Å². The minimum atomic E-state index is -0.911. The largest absolute Gasteiger partial charge is 0.481 e. The van der Waals surface area contributed by atoms with E-state index in [0.717, 1.165) is 0 Å². The molecule has 0 bridgehead atoms. The Morgan fingerprint density at radius 3 is 2.54 bits per heavy atom. The Hall–Kier alpha value is -0.910. The van der Waals surface area contributed by atoms with Gasteiger partial charge in [-0.25, -0.2) is 4.79 Å². The number of aliphatic carboxylic acids is 1. The zero-order chi connectivity index (χ0) is 10.4. The molecule has 0 aliphatic carbocycles. The number of hydrogen-bond acceptors (Lipinski definition) is 4. The molecule has 6 heteroatoms. The molecule has 0 aromatic heterocycles. The van der Waals surface area contributed by atoms with Gasteiger partial charge in [-0.1, -0.05) is 6.92 Å². The van der Waals surface area contributed by atoms with Crippen molar-refractivity contribution < 1.29 is 19.4 Å². The second-order valence-electron chi connectivity index (χ2n) is 2.63. The molecule has 0 heterocycles. The number of alkyl carbamates (subject to hydrolysis) is 1. The van der Waals surface area contributed by atoms with E-state index in [1.807, 2.05) is 0 Å². The van der Waals surface area contributed by atoms with E-state index in [1.54, 1.807) is 6.92 Å². The van der Waals surface area contributed by atoms with Gasteiger partial charge in [-0.3, -0.25) is 4.79 Å². The van der Waals surface area contributed by atoms with Crippen molar-refractivity contribution in [1.29, 1.82) is 0 Å². The zero-order valence-corrected chi connectivity index (χ0v) is 8.38. The minimum Gasteiger partial charge on any atom is -0.481 e. The zero-order valence-electron chi connectivity index (χ0n) is 7.48. The summed E-state index contributed by atoms with van der Waals surface area (Å²) in [6.45, 7) is 1.55. The van der Waals surface area contributed by atoms with Crippen LogP contribution in [0.25, 0.3) is 0 Å². The molecule has 0 radical (unpaired) electrons. The highest BCUT2D eigenvalue weighted by molar-refractivity contribution is 7.80. The van der Waals surface area contributed by atoms with Crippen LogP contribution in [0.2, 0.25) is 0 Å². The van der Waals surface area contributed by atoms with Crippen molar-refractivity contribution in [2.45, 2.75) is 18.7 Å². The van der Waals surface area contributed by atoms with Crippen molar-refractivity contribution in [3.05, 3.63) is 0 Å². The Morgan fingerprint density at radius 1 is 1.62 bits per heavy atom. The second kappa shape index (κ2) is 5.69. The highest BCUT2D eigenvalue weighted by Crippen LogP contribution is 2.08. The van der Waals surface area contributed by atoms with Crippen LogP contribution < -0.4 is 5.32 Å². The summed E-state index contributed by atoms with van der Waals surface area (Å²) in [7, 11) is 1.23. The lowest BCUT2D eigenvalue weighted by atomic mass is 10.1. The van der Waals surface area contributed by atoms with Crippen molar-refractivity contribution in [3.63, 3.8) is 0 Å². The van der Waals surface area contributed by atoms with Crippen LogP contribution in [0.5, 0.6) is 0 Å². The third kappa shape index (κ3) is 5.35. The van der Waals surface area contributed by atoms with Crippen LogP contribution in [-0.4, -0.2) is 29.7 Å². The van der Waals surface area contributed by atoms with Gasteiger partial charge in [0.1, 0.15) is 0 Å². The number of methoxy groups -OCH3 is 1. The van der Waals surface area contributed by atoms with E-state index in [4.69, 9.17) is 5.11 Å². The fourth-order valence-electron chi connectivity index (χ4n) is 0.690. The van der Waals surface area contributed by atoms with Crippen LogP contribution in [0.15, 0.2) is 0 Å². The normalized spacial score (nSPS) is 14.4. The van der Waals surface area contributed by atoms with Gasteiger partial charge in [0.05, 0.1) is 18.4 Å². The van der Waals surface area contributed by atoms with Crippen LogP contribution in [-0.2, 0) is 9.53 Å². The molecule has 5 nitrogen and oxygen atoms in total. The number of nitrogens with one attached hydrogen (secondary N) is 1. The molecule has 13 heavy (non-hydrogen) atoms. The van der Waals surface area contributed by atoms with Crippen LogP contribution in [0.3, 0.4) is 0 Å². The number of carboxylic acid groups (broad SMARTS) is 1. The molecular formula is C7H13NO4S. The van der Waals surface area contributed by atoms with Gasteiger partial charge in [0.2, 0.25) is 0 Å². The van der Waals surface area contributed by atoms with Gasteiger partial charge in [-0.2, -0.15) is 12.6 Å². The highest BCUT2D eigenvalue weighted by atomic mass is 32.1. The summed E-state index contributed by atoms with van der Waals surface area (Å²) < 4.78 is 4.32. The summed E-state index contributed by atoms with van der Waals surface area (Å²) in [4.78, 5) is 21.1. The first-order valence-corrected chi connectivity index (χ1v) is 4.24. The van der Waals surface area contributed by atoms with Crippen molar-refractivity contribution in [3.8, 4) is 0 Å². The summed E-state index contributed by atoms with van der Waals surface area (Å²) in [5.41, 5.74) is 0. The van der Waals surface area contributed by atoms with E-state index in [-0.39, 0.29) is 6.42 Å². The van der Waals surface area contributed by atoms with E-state index in [2.05, 4.69) is 22.7 Å². The maximum absolute atomic E-state index is 10.6. The van der Waals surface area contributed by atoms with Gasteiger partial charge in [0.15, 0.2) is 0 Å². The molecule has 0 saturated carbocycles. The van der Waals surface area contributed by atoms with Gasteiger partial charge >= 0.3 is 12.1 Å². The predicted octanol–water partition coefficient (Wildman–Crippen LogP) is 0.709. The Balaban J connectivity index is 3.80. The average molecular weight is 207 g/mol. The van der Waals surface area contributed by atoms with Crippen molar-refractivity contribution in [1.82, 2.24) is 5.32 Å². The molecule has 0 spiro atoms. The molecule has 2 unspecified atom stereocenters. The highest BCUT2D eigenvalue weighted by Gasteiger charge is 2.16. The summed E-state index contributed by atoms with van der Waals surface area (Å²) in [6.07, 6.45) is -0.356. The van der Waals surface area contributed by atoms with Crippen LogP contribution in [0.4, 0.5) is 4.79 Å². The standard InChI is InChI=1S/C7H13NO4S/c1-4(6(9)10)3-5(13)8-7(11)12-2/h4-5,13H,3H2,1-2H3,(H,8,11)(H,9,10). The predicted molar refractivity (Wildman–Crippen MR) is 49.7 cm³/mol. The van der Waals surface area contributed by atoms with Crippen LogP contribution in [0, 0.1) is 5.92 Å². The maximum Gasteiger partial charge on any atom is 0.407 e. The number of ether oxygens (including phenoxy) is 1. The van der Waals surface area contributed by atoms with E-state index in [0.29, 0.717) is 0 Å². The van der Waals surface area contributed by atoms with Crippen LogP contribution >= 0.6 is 12.6 Å².